The van der Waals surface area contributed by atoms with Gasteiger partial charge in [-0.25, -0.2) is 0 Å². The molecule has 5 heteroatoms. The molecule has 5 nitrogen and oxygen atoms in total. The molecule has 0 radical (unpaired) electrons. The molecule has 19 heavy (non-hydrogen) atoms. The van der Waals surface area contributed by atoms with Crippen molar-refractivity contribution in [3.8, 4) is 0 Å². The van der Waals surface area contributed by atoms with Crippen molar-refractivity contribution >= 4 is 5.91 Å². The lowest BCUT2D eigenvalue weighted by molar-refractivity contribution is -0.130. The average molecular weight is 274 g/mol. The van der Waals surface area contributed by atoms with Gasteiger partial charge >= 0.3 is 0 Å². The fourth-order valence-electron chi connectivity index (χ4n) is 1.20. The second-order valence-electron chi connectivity index (χ2n) is 6.54. The highest BCUT2D eigenvalue weighted by atomic mass is 16.5. The minimum Gasteiger partial charge on any atom is -0.378 e. The molecular formula is C14H30N2O3. The molecule has 0 unspecified atom stereocenters. The third-order valence-corrected chi connectivity index (χ3v) is 2.11. The number of nitrogens with one attached hydrogen (secondary N) is 2. The minimum absolute atomic E-state index is 0.0923. The summed E-state index contributed by atoms with van der Waals surface area (Å²) >= 11 is 0. The summed E-state index contributed by atoms with van der Waals surface area (Å²) in [6, 6.07) is 0. The molecule has 0 aromatic carbocycles. The maximum Gasteiger partial charge on any atom is 0.246 e. The molecule has 0 aliphatic heterocycles. The van der Waals surface area contributed by atoms with E-state index in [0.717, 1.165) is 6.54 Å². The van der Waals surface area contributed by atoms with Crippen molar-refractivity contribution in [1.82, 2.24) is 10.6 Å². The summed E-state index contributed by atoms with van der Waals surface area (Å²) in [5.41, 5.74) is -0.172. The summed E-state index contributed by atoms with van der Waals surface area (Å²) in [4.78, 5) is 11.4. The quantitative estimate of drug-likeness (QED) is 0.656. The number of carbonyl (C=O) groups excluding carboxylic acids is 1. The van der Waals surface area contributed by atoms with E-state index in [1.807, 2.05) is 20.8 Å². The van der Waals surface area contributed by atoms with Crippen LogP contribution in [0.3, 0.4) is 0 Å². The fourth-order valence-corrected chi connectivity index (χ4v) is 1.20. The van der Waals surface area contributed by atoms with Crippen molar-refractivity contribution in [1.29, 1.82) is 0 Å². The second-order valence-corrected chi connectivity index (χ2v) is 6.54. The lowest BCUT2D eigenvalue weighted by Crippen LogP contribution is -2.38. The number of amides is 1. The van der Waals surface area contributed by atoms with Crippen LogP contribution in [0.15, 0.2) is 0 Å². The van der Waals surface area contributed by atoms with Crippen molar-refractivity contribution in [3.63, 3.8) is 0 Å². The highest BCUT2D eigenvalue weighted by Crippen LogP contribution is 2.05. The van der Waals surface area contributed by atoms with Crippen molar-refractivity contribution in [2.75, 3.05) is 32.9 Å². The Morgan fingerprint density at radius 1 is 1.00 bits per heavy atom. The molecule has 0 aromatic rings. The highest BCUT2D eigenvalue weighted by molar-refractivity contribution is 5.77. The third kappa shape index (κ3) is 15.3. The van der Waals surface area contributed by atoms with Crippen LogP contribution in [0.4, 0.5) is 0 Å². The van der Waals surface area contributed by atoms with Gasteiger partial charge in [-0.15, -0.1) is 0 Å². The van der Waals surface area contributed by atoms with Gasteiger partial charge < -0.3 is 20.1 Å². The summed E-state index contributed by atoms with van der Waals surface area (Å²) in [5, 5.41) is 6.08. The summed E-state index contributed by atoms with van der Waals surface area (Å²) in [6.45, 7) is 14.7. The lowest BCUT2D eigenvalue weighted by atomic mass is 10.1. The Hall–Kier alpha value is -0.650. The first-order chi connectivity index (χ1) is 8.60. The second kappa shape index (κ2) is 8.51. The van der Waals surface area contributed by atoms with E-state index < -0.39 is 0 Å². The zero-order valence-corrected chi connectivity index (χ0v) is 13.3. The monoisotopic (exact) mass is 274 g/mol. The van der Waals surface area contributed by atoms with Crippen molar-refractivity contribution in [2.45, 2.75) is 52.7 Å². The molecule has 0 atom stereocenters. The molecule has 0 saturated carbocycles. The van der Waals surface area contributed by atoms with Gasteiger partial charge in [0, 0.05) is 18.6 Å². The van der Waals surface area contributed by atoms with E-state index in [9.17, 15) is 4.79 Å². The van der Waals surface area contributed by atoms with Crippen LogP contribution in [-0.2, 0) is 14.3 Å². The molecule has 114 valence electrons. The summed E-state index contributed by atoms with van der Waals surface area (Å²) in [5.74, 6) is -0.105. The lowest BCUT2D eigenvalue weighted by Gasteiger charge is -2.20. The molecule has 0 heterocycles. The smallest absolute Gasteiger partial charge is 0.246 e. The van der Waals surface area contributed by atoms with Crippen LogP contribution in [0, 0.1) is 0 Å². The van der Waals surface area contributed by atoms with Gasteiger partial charge in [-0.3, -0.25) is 4.79 Å². The average Bonchev–Trinajstić information content (AvgIpc) is 2.22. The van der Waals surface area contributed by atoms with Gasteiger partial charge in [-0.1, -0.05) is 0 Å². The van der Waals surface area contributed by atoms with Gasteiger partial charge in [0.25, 0.3) is 0 Å². The number of hydrogen-bond donors (Lipinski definition) is 2. The molecule has 0 rings (SSSR count). The molecule has 0 aliphatic rings. The fraction of sp³-hybridized carbons (Fsp3) is 0.929. The highest BCUT2D eigenvalue weighted by Gasteiger charge is 2.12. The van der Waals surface area contributed by atoms with Gasteiger partial charge in [0.1, 0.15) is 6.61 Å². The number of ether oxygens (including phenoxy) is 2. The maximum atomic E-state index is 11.4. The Balaban J connectivity index is 3.37. The first-order valence-corrected chi connectivity index (χ1v) is 6.83. The van der Waals surface area contributed by atoms with Crippen molar-refractivity contribution in [3.05, 3.63) is 0 Å². The number of hydrogen-bond acceptors (Lipinski definition) is 4. The van der Waals surface area contributed by atoms with Gasteiger partial charge in [0.05, 0.1) is 18.8 Å². The summed E-state index contributed by atoms with van der Waals surface area (Å²) in [7, 11) is 0. The minimum atomic E-state index is -0.285. The summed E-state index contributed by atoms with van der Waals surface area (Å²) in [6.07, 6.45) is 0. The topological polar surface area (TPSA) is 59.6 Å². The Morgan fingerprint density at radius 3 is 2.11 bits per heavy atom. The number of rotatable bonds is 8. The van der Waals surface area contributed by atoms with Crippen LogP contribution in [0.5, 0.6) is 0 Å². The van der Waals surface area contributed by atoms with Crippen LogP contribution >= 0.6 is 0 Å². The van der Waals surface area contributed by atoms with E-state index in [2.05, 4.69) is 31.4 Å². The molecule has 0 spiro atoms. The first-order valence-electron chi connectivity index (χ1n) is 6.83. The standard InChI is InChI=1S/C14H30N2O3/c1-13(2,3)16-8-10-18-9-7-15-12(17)11-19-14(4,5)6/h16H,7-11H2,1-6H3,(H,15,17). The van der Waals surface area contributed by atoms with E-state index in [1.54, 1.807) is 0 Å². The molecule has 0 saturated heterocycles. The SMILES string of the molecule is CC(C)(C)NCCOCCNC(=O)COC(C)(C)C. The van der Waals surface area contributed by atoms with E-state index in [4.69, 9.17) is 9.47 Å². The van der Waals surface area contributed by atoms with Gasteiger partial charge in [-0.05, 0) is 41.5 Å². The van der Waals surface area contributed by atoms with E-state index in [-0.39, 0.29) is 23.7 Å². The third-order valence-electron chi connectivity index (χ3n) is 2.11. The molecule has 0 fully saturated rings. The zero-order valence-electron chi connectivity index (χ0n) is 13.3. The predicted molar refractivity (Wildman–Crippen MR) is 77.3 cm³/mol. The van der Waals surface area contributed by atoms with E-state index in [0.29, 0.717) is 19.8 Å². The molecule has 0 bridgehead atoms. The van der Waals surface area contributed by atoms with Crippen molar-refractivity contribution in [2.24, 2.45) is 0 Å². The predicted octanol–water partition coefficient (Wildman–Crippen LogP) is 1.32. The van der Waals surface area contributed by atoms with Crippen LogP contribution in [0.2, 0.25) is 0 Å². The Kier molecular flexibility index (Phi) is 8.22. The zero-order chi connectivity index (χ0) is 14.9. The maximum absolute atomic E-state index is 11.4. The number of carbonyl (C=O) groups is 1. The van der Waals surface area contributed by atoms with Crippen LogP contribution in [0.1, 0.15) is 41.5 Å². The largest absolute Gasteiger partial charge is 0.378 e. The van der Waals surface area contributed by atoms with Crippen LogP contribution in [0.25, 0.3) is 0 Å². The van der Waals surface area contributed by atoms with Crippen LogP contribution < -0.4 is 10.6 Å². The Morgan fingerprint density at radius 2 is 1.58 bits per heavy atom. The molecule has 0 aliphatic carbocycles. The van der Waals surface area contributed by atoms with Gasteiger partial charge in [0.2, 0.25) is 5.91 Å². The van der Waals surface area contributed by atoms with Crippen LogP contribution in [-0.4, -0.2) is 50.0 Å². The molecule has 0 aromatic heterocycles. The van der Waals surface area contributed by atoms with Gasteiger partial charge in [0.15, 0.2) is 0 Å². The molecule has 1 amide bonds. The van der Waals surface area contributed by atoms with E-state index >= 15 is 0 Å². The Labute approximate surface area is 117 Å². The molecular weight excluding hydrogens is 244 g/mol. The van der Waals surface area contributed by atoms with Crippen molar-refractivity contribution < 1.29 is 14.3 Å². The summed E-state index contributed by atoms with van der Waals surface area (Å²) < 4.78 is 10.8. The molecule has 2 N–H and O–H groups in total. The Bertz CT molecular complexity index is 254. The van der Waals surface area contributed by atoms with Gasteiger partial charge in [-0.2, -0.15) is 0 Å². The van der Waals surface area contributed by atoms with E-state index in [1.165, 1.54) is 0 Å². The first kappa shape index (κ1) is 18.4. The normalized spacial score (nSPS) is 12.5.